The molecule has 0 aliphatic rings. The van der Waals surface area contributed by atoms with Gasteiger partial charge in [0.25, 0.3) is 0 Å². The molecule has 0 saturated heterocycles. The van der Waals surface area contributed by atoms with Gasteiger partial charge >= 0.3 is 0 Å². The van der Waals surface area contributed by atoms with E-state index >= 15 is 0 Å². The van der Waals surface area contributed by atoms with E-state index in [9.17, 15) is 9.59 Å². The summed E-state index contributed by atoms with van der Waals surface area (Å²) >= 11 is 0. The molecule has 2 heteroatoms. The highest BCUT2D eigenvalue weighted by molar-refractivity contribution is 5.54. The molecule has 0 aromatic carbocycles. The lowest BCUT2D eigenvalue weighted by Crippen LogP contribution is -1.66. The Morgan fingerprint density at radius 3 is 2.60 bits per heavy atom. The van der Waals surface area contributed by atoms with Gasteiger partial charge in [0.05, 0.1) is 6.42 Å². The highest BCUT2D eigenvalue weighted by Crippen LogP contribution is 1.75. The minimum Gasteiger partial charge on any atom is -0.303 e. The van der Waals surface area contributed by atoms with Crippen molar-refractivity contribution >= 4 is 12.6 Å². The molecule has 0 bridgehead atoms. The van der Waals surface area contributed by atoms with Gasteiger partial charge < -0.3 is 9.59 Å². The van der Waals surface area contributed by atoms with Crippen molar-refractivity contribution in [3.8, 4) is 11.8 Å². The number of rotatable bonds is 3. The molecule has 0 aromatic heterocycles. The minimum absolute atomic E-state index is 0.255. The van der Waals surface area contributed by atoms with Crippen LogP contribution in [-0.4, -0.2) is 12.6 Å². The topological polar surface area (TPSA) is 34.1 Å². The summed E-state index contributed by atoms with van der Waals surface area (Å²) in [5, 5.41) is 0. The first-order valence-electron chi connectivity index (χ1n) is 2.92. The zero-order valence-corrected chi connectivity index (χ0v) is 5.54. The summed E-state index contributed by atoms with van der Waals surface area (Å²) in [4.78, 5) is 19.4. The van der Waals surface area contributed by atoms with Crippen molar-refractivity contribution in [3.63, 3.8) is 0 Å². The van der Waals surface area contributed by atoms with Gasteiger partial charge in [-0.2, -0.15) is 0 Å². The third-order valence-corrected chi connectivity index (χ3v) is 0.721. The lowest BCUT2D eigenvalue weighted by molar-refractivity contribution is -0.107. The monoisotopic (exact) mass is 136 g/mol. The summed E-state index contributed by atoms with van der Waals surface area (Å²) in [5.74, 6) is 5.17. The fraction of sp³-hybridized carbons (Fsp3) is 0.250. The molecule has 0 atom stereocenters. The lowest BCUT2D eigenvalue weighted by atomic mass is 10.4. The van der Waals surface area contributed by atoms with E-state index in [2.05, 4.69) is 11.8 Å². The summed E-state index contributed by atoms with van der Waals surface area (Å²) in [6.45, 7) is 0. The third kappa shape index (κ3) is 6.64. The van der Waals surface area contributed by atoms with E-state index in [1.807, 2.05) is 0 Å². The Kier molecular flexibility index (Phi) is 6.60. The van der Waals surface area contributed by atoms with Crippen molar-refractivity contribution < 1.29 is 9.59 Å². The molecule has 0 amide bonds. The van der Waals surface area contributed by atoms with Crippen LogP contribution in [0.5, 0.6) is 0 Å². The van der Waals surface area contributed by atoms with Crippen LogP contribution in [-0.2, 0) is 9.59 Å². The highest BCUT2D eigenvalue weighted by atomic mass is 16.1. The predicted octanol–water partition coefficient (Wildman–Crippen LogP) is 0.724. The molecule has 0 aromatic rings. The number of hydrogen-bond donors (Lipinski definition) is 0. The van der Waals surface area contributed by atoms with Gasteiger partial charge in [-0.15, -0.1) is 0 Å². The van der Waals surface area contributed by atoms with Crippen molar-refractivity contribution in [1.82, 2.24) is 0 Å². The highest BCUT2D eigenvalue weighted by Gasteiger charge is 1.68. The van der Waals surface area contributed by atoms with Crippen LogP contribution in [0.4, 0.5) is 0 Å². The van der Waals surface area contributed by atoms with Crippen molar-refractivity contribution in [3.05, 3.63) is 12.2 Å². The normalized spacial score (nSPS) is 8.40. The maximum absolute atomic E-state index is 9.74. The Balaban J connectivity index is 3.42. The number of hydrogen-bond acceptors (Lipinski definition) is 2. The third-order valence-electron chi connectivity index (χ3n) is 0.721. The van der Waals surface area contributed by atoms with Gasteiger partial charge in [-0.05, 0) is 6.08 Å². The van der Waals surface area contributed by atoms with E-state index in [-0.39, 0.29) is 6.42 Å². The standard InChI is InChI=1S/C8H8O2/c9-7-5-3-1-2-4-6-8-10/h1,3,7-8H,5-6H2. The van der Waals surface area contributed by atoms with Gasteiger partial charge in [0.15, 0.2) is 0 Å². The number of carbonyl (C=O) groups excluding carboxylic acids is 2. The van der Waals surface area contributed by atoms with Crippen LogP contribution in [0.1, 0.15) is 12.8 Å². The van der Waals surface area contributed by atoms with Crippen LogP contribution in [0.15, 0.2) is 12.2 Å². The summed E-state index contributed by atoms with van der Waals surface area (Å²) in [6, 6.07) is 0. The Labute approximate surface area is 59.9 Å². The van der Waals surface area contributed by atoms with Crippen molar-refractivity contribution in [2.45, 2.75) is 12.8 Å². The second-order valence-corrected chi connectivity index (χ2v) is 1.50. The van der Waals surface area contributed by atoms with Crippen molar-refractivity contribution in [2.24, 2.45) is 0 Å². The van der Waals surface area contributed by atoms with E-state index < -0.39 is 0 Å². The van der Waals surface area contributed by atoms with Gasteiger partial charge in [0.1, 0.15) is 12.6 Å². The average Bonchev–Trinajstić information content (AvgIpc) is 1.97. The first kappa shape index (κ1) is 8.64. The quantitative estimate of drug-likeness (QED) is 0.423. The van der Waals surface area contributed by atoms with Crippen LogP contribution in [0.25, 0.3) is 0 Å². The molecule has 0 aliphatic heterocycles. The van der Waals surface area contributed by atoms with Crippen molar-refractivity contribution in [2.75, 3.05) is 0 Å². The second kappa shape index (κ2) is 7.64. The van der Waals surface area contributed by atoms with Crippen molar-refractivity contribution in [1.29, 1.82) is 0 Å². The molecular weight excluding hydrogens is 128 g/mol. The maximum Gasteiger partial charge on any atom is 0.131 e. The summed E-state index contributed by atoms with van der Waals surface area (Å²) < 4.78 is 0. The largest absolute Gasteiger partial charge is 0.303 e. The smallest absolute Gasteiger partial charge is 0.131 e. The molecule has 0 spiro atoms. The molecule has 0 radical (unpaired) electrons. The number of carbonyl (C=O) groups is 2. The van der Waals surface area contributed by atoms with E-state index in [1.54, 1.807) is 12.2 Å². The first-order valence-corrected chi connectivity index (χ1v) is 2.92. The Hall–Kier alpha value is -1.36. The predicted molar refractivity (Wildman–Crippen MR) is 38.3 cm³/mol. The zero-order valence-electron chi connectivity index (χ0n) is 5.54. The van der Waals surface area contributed by atoms with E-state index in [0.29, 0.717) is 6.42 Å². The average molecular weight is 136 g/mol. The number of allylic oxidation sites excluding steroid dienone is 2. The Bertz CT molecular complexity index is 181. The molecule has 0 rings (SSSR count). The zero-order chi connectivity index (χ0) is 7.66. The van der Waals surface area contributed by atoms with Gasteiger partial charge in [-0.3, -0.25) is 0 Å². The molecule has 0 aliphatic carbocycles. The molecule has 2 nitrogen and oxygen atoms in total. The van der Waals surface area contributed by atoms with Gasteiger partial charge in [0, 0.05) is 6.42 Å². The molecule has 0 N–H and O–H groups in total. The minimum atomic E-state index is 0.255. The summed E-state index contributed by atoms with van der Waals surface area (Å²) in [5.41, 5.74) is 0. The molecule has 10 heavy (non-hydrogen) atoms. The molecule has 0 heterocycles. The fourth-order valence-electron chi connectivity index (χ4n) is 0.342. The lowest BCUT2D eigenvalue weighted by Gasteiger charge is -1.69. The molecule has 52 valence electrons. The van der Waals surface area contributed by atoms with Crippen LogP contribution < -0.4 is 0 Å². The summed E-state index contributed by atoms with van der Waals surface area (Å²) in [7, 11) is 0. The molecule has 0 fully saturated rings. The SMILES string of the molecule is O=CCC#CC=CCC=O. The fourth-order valence-corrected chi connectivity index (χ4v) is 0.342. The van der Waals surface area contributed by atoms with E-state index in [0.717, 1.165) is 12.6 Å². The van der Waals surface area contributed by atoms with Crippen LogP contribution >= 0.6 is 0 Å². The van der Waals surface area contributed by atoms with Crippen LogP contribution in [0.2, 0.25) is 0 Å². The van der Waals surface area contributed by atoms with E-state index in [1.165, 1.54) is 0 Å². The maximum atomic E-state index is 9.74. The van der Waals surface area contributed by atoms with Crippen LogP contribution in [0, 0.1) is 11.8 Å². The first-order chi connectivity index (χ1) is 4.91. The van der Waals surface area contributed by atoms with E-state index in [4.69, 9.17) is 0 Å². The van der Waals surface area contributed by atoms with Gasteiger partial charge in [-0.1, -0.05) is 17.9 Å². The van der Waals surface area contributed by atoms with Gasteiger partial charge in [-0.25, -0.2) is 0 Å². The Morgan fingerprint density at radius 1 is 1.20 bits per heavy atom. The number of aldehydes is 2. The second-order valence-electron chi connectivity index (χ2n) is 1.50. The Morgan fingerprint density at radius 2 is 2.00 bits per heavy atom. The molecule has 0 unspecified atom stereocenters. The van der Waals surface area contributed by atoms with Crippen LogP contribution in [0.3, 0.4) is 0 Å². The molecule has 0 saturated carbocycles. The molecular formula is C8H8O2. The summed E-state index contributed by atoms with van der Waals surface area (Å²) in [6.07, 6.45) is 5.38. The van der Waals surface area contributed by atoms with Gasteiger partial charge in [0.2, 0.25) is 0 Å².